The van der Waals surface area contributed by atoms with Crippen LogP contribution in [0.1, 0.15) is 84.0 Å². The summed E-state index contributed by atoms with van der Waals surface area (Å²) < 4.78 is 0. The van der Waals surface area contributed by atoms with Gasteiger partial charge >= 0.3 is 0 Å². The second-order valence-electron chi connectivity index (χ2n) is 7.13. The van der Waals surface area contributed by atoms with Gasteiger partial charge < -0.3 is 10.2 Å². The number of likely N-dealkylation sites (N-methyl/N-ethyl adjacent to an activating group) is 1. The van der Waals surface area contributed by atoms with Gasteiger partial charge in [-0.1, -0.05) is 63.3 Å². The van der Waals surface area contributed by atoms with Crippen LogP contribution in [0.5, 0.6) is 0 Å². The van der Waals surface area contributed by atoms with E-state index in [1.807, 2.05) is 14.1 Å². The van der Waals surface area contributed by atoms with Crippen molar-refractivity contribution in [2.24, 2.45) is 0 Å². The predicted molar refractivity (Wildman–Crippen MR) is 111 cm³/mol. The van der Waals surface area contributed by atoms with Crippen molar-refractivity contribution in [2.45, 2.75) is 84.0 Å². The third-order valence-corrected chi connectivity index (χ3v) is 4.24. The second kappa shape index (κ2) is 19.2. The van der Waals surface area contributed by atoms with Crippen molar-refractivity contribution in [2.75, 3.05) is 27.2 Å². The van der Waals surface area contributed by atoms with E-state index in [0.717, 1.165) is 25.9 Å². The van der Waals surface area contributed by atoms with Crippen LogP contribution in [0.25, 0.3) is 0 Å². The Kier molecular flexibility index (Phi) is 18.4. The molecule has 0 aliphatic carbocycles. The molecule has 146 valence electrons. The Labute approximate surface area is 156 Å². The number of unbranched alkanes of at least 4 members (excludes halogenated alkanes) is 8. The van der Waals surface area contributed by atoms with Crippen molar-refractivity contribution in [1.82, 2.24) is 10.2 Å². The van der Waals surface area contributed by atoms with Crippen LogP contribution < -0.4 is 5.32 Å². The van der Waals surface area contributed by atoms with Crippen LogP contribution in [-0.2, 0) is 4.79 Å². The third-order valence-electron chi connectivity index (χ3n) is 4.24. The molecule has 0 aromatic heterocycles. The number of nitrogens with one attached hydrogen (secondary N) is 1. The quantitative estimate of drug-likeness (QED) is 0.278. The first kappa shape index (κ1) is 23.9. The summed E-state index contributed by atoms with van der Waals surface area (Å²) >= 11 is 0. The van der Waals surface area contributed by atoms with Gasteiger partial charge in [0, 0.05) is 19.5 Å². The fourth-order valence-corrected chi connectivity index (χ4v) is 2.60. The number of allylic oxidation sites excluding steroid dienone is 4. The fourth-order valence-electron chi connectivity index (χ4n) is 2.60. The van der Waals surface area contributed by atoms with E-state index in [9.17, 15) is 4.79 Å². The lowest BCUT2D eigenvalue weighted by molar-refractivity contribution is -0.121. The van der Waals surface area contributed by atoms with Gasteiger partial charge in [0.2, 0.25) is 5.91 Å². The number of nitrogens with zero attached hydrogens (tertiary/aromatic N) is 1. The maximum Gasteiger partial charge on any atom is 0.220 e. The van der Waals surface area contributed by atoms with Gasteiger partial charge in [0.05, 0.1) is 0 Å². The first-order chi connectivity index (χ1) is 12.2. The van der Waals surface area contributed by atoms with Crippen LogP contribution in [0.2, 0.25) is 0 Å². The van der Waals surface area contributed by atoms with Crippen LogP contribution in [0, 0.1) is 0 Å². The van der Waals surface area contributed by atoms with Gasteiger partial charge in [-0.2, -0.15) is 0 Å². The molecular weight excluding hydrogens is 308 g/mol. The van der Waals surface area contributed by atoms with E-state index in [1.54, 1.807) is 0 Å². The lowest BCUT2D eigenvalue weighted by atomic mass is 10.1. The van der Waals surface area contributed by atoms with E-state index < -0.39 is 0 Å². The lowest BCUT2D eigenvalue weighted by Gasteiger charge is -2.10. The molecule has 25 heavy (non-hydrogen) atoms. The molecular formula is C22H42N2O. The molecule has 0 fully saturated rings. The minimum Gasteiger partial charge on any atom is -0.355 e. The van der Waals surface area contributed by atoms with Crippen LogP contribution in [0.4, 0.5) is 0 Å². The Morgan fingerprint density at radius 3 is 2.08 bits per heavy atom. The molecule has 0 bridgehead atoms. The normalized spacial score (nSPS) is 11.8. The monoisotopic (exact) mass is 350 g/mol. The largest absolute Gasteiger partial charge is 0.355 e. The Morgan fingerprint density at radius 1 is 0.840 bits per heavy atom. The highest BCUT2D eigenvalue weighted by atomic mass is 16.1. The number of carbonyl (C=O) groups is 1. The summed E-state index contributed by atoms with van der Waals surface area (Å²) in [5.41, 5.74) is 0. The molecule has 1 amide bonds. The molecule has 0 radical (unpaired) electrons. The first-order valence-corrected chi connectivity index (χ1v) is 10.4. The molecule has 0 aliphatic rings. The molecule has 0 unspecified atom stereocenters. The van der Waals surface area contributed by atoms with Crippen LogP contribution >= 0.6 is 0 Å². The van der Waals surface area contributed by atoms with Gasteiger partial charge in [0.1, 0.15) is 0 Å². The van der Waals surface area contributed by atoms with E-state index in [-0.39, 0.29) is 5.91 Å². The zero-order valence-electron chi connectivity index (χ0n) is 17.1. The van der Waals surface area contributed by atoms with Crippen molar-refractivity contribution in [3.8, 4) is 0 Å². The topological polar surface area (TPSA) is 32.3 Å². The van der Waals surface area contributed by atoms with Crippen molar-refractivity contribution in [1.29, 1.82) is 0 Å². The zero-order chi connectivity index (χ0) is 18.6. The van der Waals surface area contributed by atoms with Crippen LogP contribution in [-0.4, -0.2) is 38.0 Å². The zero-order valence-corrected chi connectivity index (χ0v) is 17.1. The molecule has 1 N–H and O–H groups in total. The highest BCUT2D eigenvalue weighted by molar-refractivity contribution is 5.75. The molecule has 0 aromatic rings. The molecule has 0 atom stereocenters. The molecule has 0 spiro atoms. The van der Waals surface area contributed by atoms with Gasteiger partial charge in [-0.05, 0) is 52.6 Å². The van der Waals surface area contributed by atoms with E-state index in [2.05, 4.69) is 41.4 Å². The Morgan fingerprint density at radius 2 is 1.44 bits per heavy atom. The summed E-state index contributed by atoms with van der Waals surface area (Å²) in [7, 11) is 4.04. The lowest BCUT2D eigenvalue weighted by Crippen LogP contribution is -2.31. The maximum absolute atomic E-state index is 11.6. The average Bonchev–Trinajstić information content (AvgIpc) is 2.58. The Hall–Kier alpha value is -1.09. The molecule has 3 heteroatoms. The Balaban J connectivity index is 3.27. The van der Waals surface area contributed by atoms with Crippen LogP contribution in [0.3, 0.4) is 0 Å². The summed E-state index contributed by atoms with van der Waals surface area (Å²) in [6.45, 7) is 3.91. The van der Waals surface area contributed by atoms with E-state index in [4.69, 9.17) is 0 Å². The predicted octanol–water partition coefficient (Wildman–Crippen LogP) is 5.48. The molecule has 0 saturated carbocycles. The SMILES string of the molecule is CCCCCC=CCC=CCCCCCCCC(=O)NCCN(C)C. The highest BCUT2D eigenvalue weighted by Gasteiger charge is 2.00. The first-order valence-electron chi connectivity index (χ1n) is 10.4. The average molecular weight is 351 g/mol. The smallest absolute Gasteiger partial charge is 0.220 e. The number of hydrogen-bond donors (Lipinski definition) is 1. The van der Waals surface area contributed by atoms with E-state index in [1.165, 1.54) is 57.8 Å². The number of carbonyl (C=O) groups excluding carboxylic acids is 1. The van der Waals surface area contributed by atoms with Gasteiger partial charge in [-0.25, -0.2) is 0 Å². The Bertz CT molecular complexity index is 348. The van der Waals surface area contributed by atoms with E-state index >= 15 is 0 Å². The molecule has 0 aliphatic heterocycles. The number of amides is 1. The van der Waals surface area contributed by atoms with Gasteiger partial charge in [-0.3, -0.25) is 4.79 Å². The standard InChI is InChI=1S/C22H42N2O/c1-4-5-6-7-8-9-10-11-12-13-14-15-16-17-18-19-22(25)23-20-21-24(2)3/h8-9,11-12H,4-7,10,13-21H2,1-3H3,(H,23,25). The summed E-state index contributed by atoms with van der Waals surface area (Å²) in [5.74, 6) is 0.201. The summed E-state index contributed by atoms with van der Waals surface area (Å²) in [5, 5.41) is 2.97. The summed E-state index contributed by atoms with van der Waals surface area (Å²) in [4.78, 5) is 13.7. The summed E-state index contributed by atoms with van der Waals surface area (Å²) in [6.07, 6.45) is 23.3. The van der Waals surface area contributed by atoms with Crippen molar-refractivity contribution >= 4 is 5.91 Å². The fraction of sp³-hybridized carbons (Fsp3) is 0.773. The van der Waals surface area contributed by atoms with Gasteiger partial charge in [0.25, 0.3) is 0 Å². The van der Waals surface area contributed by atoms with E-state index in [0.29, 0.717) is 6.42 Å². The third kappa shape index (κ3) is 20.9. The highest BCUT2D eigenvalue weighted by Crippen LogP contribution is 2.08. The van der Waals surface area contributed by atoms with Crippen molar-refractivity contribution < 1.29 is 4.79 Å². The second-order valence-corrected chi connectivity index (χ2v) is 7.13. The molecule has 0 saturated heterocycles. The summed E-state index contributed by atoms with van der Waals surface area (Å²) in [6, 6.07) is 0. The maximum atomic E-state index is 11.6. The molecule has 0 aromatic carbocycles. The van der Waals surface area contributed by atoms with Crippen molar-refractivity contribution in [3.63, 3.8) is 0 Å². The number of hydrogen-bond acceptors (Lipinski definition) is 2. The van der Waals surface area contributed by atoms with Gasteiger partial charge in [-0.15, -0.1) is 0 Å². The molecule has 3 nitrogen and oxygen atoms in total. The minimum atomic E-state index is 0.201. The minimum absolute atomic E-state index is 0.201. The molecule has 0 rings (SSSR count). The van der Waals surface area contributed by atoms with Gasteiger partial charge in [0.15, 0.2) is 0 Å². The number of rotatable bonds is 17. The van der Waals surface area contributed by atoms with Crippen molar-refractivity contribution in [3.05, 3.63) is 24.3 Å². The van der Waals surface area contributed by atoms with Crippen LogP contribution in [0.15, 0.2) is 24.3 Å². The molecule has 0 heterocycles.